The molecular formula is C19H18N4O. The molecule has 3 rings (SSSR count). The zero-order chi connectivity index (χ0) is 16.8. The topological polar surface area (TPSA) is 66.4 Å². The van der Waals surface area contributed by atoms with Crippen LogP contribution in [0.5, 0.6) is 0 Å². The molecule has 0 radical (unpaired) electrons. The van der Waals surface area contributed by atoms with Crippen molar-refractivity contribution in [3.63, 3.8) is 0 Å². The summed E-state index contributed by atoms with van der Waals surface area (Å²) in [7, 11) is 0. The molecule has 120 valence electrons. The zero-order valence-corrected chi connectivity index (χ0v) is 13.3. The molecule has 1 amide bonds. The highest BCUT2D eigenvalue weighted by Gasteiger charge is 2.11. The average Bonchev–Trinajstić information content (AvgIpc) is 2.62. The third kappa shape index (κ3) is 3.95. The number of hydrazone groups is 1. The van der Waals surface area contributed by atoms with Crippen molar-refractivity contribution >= 4 is 28.6 Å². The lowest BCUT2D eigenvalue weighted by atomic mass is 10.1. The van der Waals surface area contributed by atoms with Crippen LogP contribution >= 0.6 is 0 Å². The maximum Gasteiger partial charge on any atom is 0.262 e. The third-order valence-corrected chi connectivity index (χ3v) is 3.60. The predicted molar refractivity (Wildman–Crippen MR) is 97.0 cm³/mol. The summed E-state index contributed by atoms with van der Waals surface area (Å²) in [5.74, 6) is -0.205. The summed E-state index contributed by atoms with van der Waals surface area (Å²) in [4.78, 5) is 16.1. The monoisotopic (exact) mass is 318 g/mol. The van der Waals surface area contributed by atoms with Gasteiger partial charge in [-0.3, -0.25) is 9.78 Å². The number of hydrogen-bond donors (Lipinski definition) is 2. The number of anilines is 1. The van der Waals surface area contributed by atoms with Gasteiger partial charge in [-0.1, -0.05) is 36.4 Å². The first-order chi connectivity index (χ1) is 11.7. The van der Waals surface area contributed by atoms with Crippen LogP contribution in [0.4, 0.5) is 5.69 Å². The number of amides is 1. The van der Waals surface area contributed by atoms with Gasteiger partial charge >= 0.3 is 0 Å². The van der Waals surface area contributed by atoms with Crippen molar-refractivity contribution in [3.8, 4) is 0 Å². The lowest BCUT2D eigenvalue weighted by Crippen LogP contribution is -2.34. The van der Waals surface area contributed by atoms with Gasteiger partial charge in [-0.15, -0.1) is 0 Å². The molecule has 0 aliphatic rings. The van der Waals surface area contributed by atoms with Gasteiger partial charge in [0.2, 0.25) is 0 Å². The van der Waals surface area contributed by atoms with E-state index in [-0.39, 0.29) is 5.91 Å². The first kappa shape index (κ1) is 15.7. The summed E-state index contributed by atoms with van der Waals surface area (Å²) < 4.78 is 0. The summed E-state index contributed by atoms with van der Waals surface area (Å²) >= 11 is 0. The quantitative estimate of drug-likeness (QED) is 0.561. The SMILES string of the molecule is CC(Nc1ccc2ccccc2c1)C(=O)NN=Cc1cccnc1. The van der Waals surface area contributed by atoms with Crippen molar-refractivity contribution in [3.05, 3.63) is 72.6 Å². The molecule has 5 heteroatoms. The van der Waals surface area contributed by atoms with Gasteiger partial charge in [-0.2, -0.15) is 5.10 Å². The Morgan fingerprint density at radius 2 is 1.96 bits per heavy atom. The maximum atomic E-state index is 12.1. The van der Waals surface area contributed by atoms with Crippen molar-refractivity contribution in [1.29, 1.82) is 0 Å². The number of pyridine rings is 1. The van der Waals surface area contributed by atoms with Gasteiger partial charge in [-0.05, 0) is 35.9 Å². The van der Waals surface area contributed by atoms with E-state index in [0.29, 0.717) is 0 Å². The van der Waals surface area contributed by atoms with E-state index in [1.54, 1.807) is 25.5 Å². The number of benzene rings is 2. The Kier molecular flexibility index (Phi) is 4.81. The Morgan fingerprint density at radius 1 is 1.12 bits per heavy atom. The van der Waals surface area contributed by atoms with Crippen molar-refractivity contribution in [2.45, 2.75) is 13.0 Å². The lowest BCUT2D eigenvalue weighted by molar-refractivity contribution is -0.121. The summed E-state index contributed by atoms with van der Waals surface area (Å²) in [5, 5.41) is 9.43. The van der Waals surface area contributed by atoms with Gasteiger partial charge in [0.15, 0.2) is 0 Å². The number of nitrogens with one attached hydrogen (secondary N) is 2. The van der Waals surface area contributed by atoms with Crippen LogP contribution in [-0.4, -0.2) is 23.1 Å². The van der Waals surface area contributed by atoms with Crippen molar-refractivity contribution in [2.24, 2.45) is 5.10 Å². The molecule has 2 aromatic carbocycles. The van der Waals surface area contributed by atoms with Gasteiger partial charge in [0.05, 0.1) is 6.21 Å². The van der Waals surface area contributed by atoms with Gasteiger partial charge in [0, 0.05) is 23.6 Å². The fourth-order valence-electron chi connectivity index (χ4n) is 2.31. The minimum Gasteiger partial charge on any atom is -0.374 e. The normalized spacial score (nSPS) is 12.2. The Labute approximate surface area is 140 Å². The van der Waals surface area contributed by atoms with E-state index < -0.39 is 6.04 Å². The molecular weight excluding hydrogens is 300 g/mol. The van der Waals surface area contributed by atoms with E-state index in [4.69, 9.17) is 0 Å². The fraction of sp³-hybridized carbons (Fsp3) is 0.105. The molecule has 0 saturated carbocycles. The van der Waals surface area contributed by atoms with E-state index >= 15 is 0 Å². The first-order valence-corrected chi connectivity index (χ1v) is 7.71. The highest BCUT2D eigenvalue weighted by atomic mass is 16.2. The van der Waals surface area contributed by atoms with Crippen LogP contribution in [0.2, 0.25) is 0 Å². The second kappa shape index (κ2) is 7.37. The molecule has 0 bridgehead atoms. The number of nitrogens with zero attached hydrogens (tertiary/aromatic N) is 2. The number of carbonyl (C=O) groups excluding carboxylic acids is 1. The standard InChI is InChI=1S/C19H18N4O/c1-14(19(24)23-21-13-15-5-4-10-20-12-15)22-18-9-8-16-6-2-3-7-17(16)11-18/h2-14,22H,1H3,(H,23,24). The van der Waals surface area contributed by atoms with Crippen LogP contribution in [-0.2, 0) is 4.79 Å². The molecule has 1 heterocycles. The van der Waals surface area contributed by atoms with Gasteiger partial charge < -0.3 is 5.32 Å². The van der Waals surface area contributed by atoms with Gasteiger partial charge in [0.25, 0.3) is 5.91 Å². The number of carbonyl (C=O) groups is 1. The lowest BCUT2D eigenvalue weighted by Gasteiger charge is -2.14. The van der Waals surface area contributed by atoms with Gasteiger partial charge in [-0.25, -0.2) is 5.43 Å². The van der Waals surface area contributed by atoms with E-state index in [1.165, 1.54) is 5.39 Å². The minimum absolute atomic E-state index is 0.205. The van der Waals surface area contributed by atoms with Crippen molar-refractivity contribution in [2.75, 3.05) is 5.32 Å². The number of fused-ring (bicyclic) bond motifs is 1. The molecule has 2 N–H and O–H groups in total. The van der Waals surface area contributed by atoms with Crippen molar-refractivity contribution in [1.82, 2.24) is 10.4 Å². The summed E-state index contributed by atoms with van der Waals surface area (Å²) in [6.07, 6.45) is 4.92. The first-order valence-electron chi connectivity index (χ1n) is 7.71. The van der Waals surface area contributed by atoms with Crippen LogP contribution in [0.1, 0.15) is 12.5 Å². The minimum atomic E-state index is -0.405. The zero-order valence-electron chi connectivity index (χ0n) is 13.3. The molecule has 5 nitrogen and oxygen atoms in total. The average molecular weight is 318 g/mol. The number of hydrogen-bond acceptors (Lipinski definition) is 4. The third-order valence-electron chi connectivity index (χ3n) is 3.60. The molecule has 0 fully saturated rings. The molecule has 1 unspecified atom stereocenters. The van der Waals surface area contributed by atoms with E-state index in [2.05, 4.69) is 26.9 Å². The van der Waals surface area contributed by atoms with Crippen LogP contribution in [0, 0.1) is 0 Å². The Bertz CT molecular complexity index is 861. The second-order valence-electron chi connectivity index (χ2n) is 5.45. The summed E-state index contributed by atoms with van der Waals surface area (Å²) in [6, 6.07) is 17.4. The molecule has 0 aliphatic carbocycles. The molecule has 24 heavy (non-hydrogen) atoms. The van der Waals surface area contributed by atoms with E-state index in [0.717, 1.165) is 16.6 Å². The highest BCUT2D eigenvalue weighted by molar-refractivity contribution is 5.89. The van der Waals surface area contributed by atoms with Gasteiger partial charge in [0.1, 0.15) is 6.04 Å². The summed E-state index contributed by atoms with van der Waals surface area (Å²) in [6.45, 7) is 1.80. The van der Waals surface area contributed by atoms with Crippen molar-refractivity contribution < 1.29 is 4.79 Å². The Hall–Kier alpha value is -3.21. The van der Waals surface area contributed by atoms with Crippen LogP contribution in [0.25, 0.3) is 10.8 Å². The molecule has 1 atom stereocenters. The Balaban J connectivity index is 1.59. The van der Waals surface area contributed by atoms with Crippen LogP contribution in [0.3, 0.4) is 0 Å². The number of rotatable bonds is 5. The summed E-state index contributed by atoms with van der Waals surface area (Å²) in [5.41, 5.74) is 4.25. The second-order valence-corrected chi connectivity index (χ2v) is 5.45. The molecule has 0 aliphatic heterocycles. The van der Waals surface area contributed by atoms with E-state index in [1.807, 2.05) is 48.5 Å². The smallest absolute Gasteiger partial charge is 0.262 e. The highest BCUT2D eigenvalue weighted by Crippen LogP contribution is 2.19. The fourth-order valence-corrected chi connectivity index (χ4v) is 2.31. The maximum absolute atomic E-state index is 12.1. The molecule has 0 spiro atoms. The Morgan fingerprint density at radius 3 is 2.75 bits per heavy atom. The van der Waals surface area contributed by atoms with Crippen LogP contribution < -0.4 is 10.7 Å². The van der Waals surface area contributed by atoms with Crippen LogP contribution in [0.15, 0.2) is 72.1 Å². The van der Waals surface area contributed by atoms with E-state index in [9.17, 15) is 4.79 Å². The molecule has 1 aromatic heterocycles. The molecule has 3 aromatic rings. The number of aromatic nitrogens is 1. The predicted octanol–water partition coefficient (Wildman–Crippen LogP) is 3.19. The molecule has 0 saturated heterocycles. The largest absolute Gasteiger partial charge is 0.374 e.